The van der Waals surface area contributed by atoms with Crippen LogP contribution in [0.4, 0.5) is 10.5 Å². The molecule has 0 radical (unpaired) electrons. The molecule has 6 heteroatoms. The lowest BCUT2D eigenvalue weighted by Crippen LogP contribution is -2.41. The van der Waals surface area contributed by atoms with E-state index in [-0.39, 0.29) is 17.6 Å². The van der Waals surface area contributed by atoms with Crippen LogP contribution in [0.1, 0.15) is 29.6 Å². The van der Waals surface area contributed by atoms with Gasteiger partial charge in [-0.15, -0.1) is 0 Å². The normalized spacial score (nSPS) is 21.4. The number of anilines is 1. The second-order valence-electron chi connectivity index (χ2n) is 4.79. The maximum absolute atomic E-state index is 11.9. The molecule has 1 aromatic carbocycles. The number of aromatic carboxylic acids is 1. The van der Waals surface area contributed by atoms with Crippen LogP contribution in [0.3, 0.4) is 0 Å². The van der Waals surface area contributed by atoms with E-state index in [1.165, 1.54) is 12.1 Å². The van der Waals surface area contributed by atoms with Crippen LogP contribution in [0, 0.1) is 0 Å². The standard InChI is InChI=1S/C14H18N2O3S/c1-20-12-4-2-3-11(12)16-14(19)15-10-7-5-9(6-8-10)13(17)18/h5-8,11-12H,2-4H2,1H3,(H,17,18)(H2,15,16,19). The van der Waals surface area contributed by atoms with Crippen LogP contribution in [-0.2, 0) is 0 Å². The molecule has 2 amide bonds. The summed E-state index contributed by atoms with van der Waals surface area (Å²) in [6.45, 7) is 0. The minimum atomic E-state index is -0.977. The van der Waals surface area contributed by atoms with Gasteiger partial charge in [-0.2, -0.15) is 11.8 Å². The number of thioether (sulfide) groups is 1. The molecule has 0 saturated heterocycles. The van der Waals surface area contributed by atoms with Gasteiger partial charge in [0.2, 0.25) is 0 Å². The summed E-state index contributed by atoms with van der Waals surface area (Å²) in [5, 5.41) is 15.0. The molecule has 0 heterocycles. The van der Waals surface area contributed by atoms with Gasteiger partial charge >= 0.3 is 12.0 Å². The van der Waals surface area contributed by atoms with Crippen molar-refractivity contribution in [3.63, 3.8) is 0 Å². The average molecular weight is 294 g/mol. The number of carbonyl (C=O) groups is 2. The molecule has 1 aliphatic rings. The predicted octanol–water partition coefficient (Wildman–Crippen LogP) is 2.79. The monoisotopic (exact) mass is 294 g/mol. The van der Waals surface area contributed by atoms with Crippen LogP contribution < -0.4 is 10.6 Å². The number of urea groups is 1. The first kappa shape index (κ1) is 14.7. The van der Waals surface area contributed by atoms with Crippen LogP contribution in [0.25, 0.3) is 0 Å². The summed E-state index contributed by atoms with van der Waals surface area (Å²) in [6.07, 6.45) is 5.35. The van der Waals surface area contributed by atoms with Crippen molar-refractivity contribution in [3.05, 3.63) is 29.8 Å². The first-order chi connectivity index (χ1) is 9.60. The lowest BCUT2D eigenvalue weighted by atomic mass is 10.2. The third-order valence-corrected chi connectivity index (χ3v) is 4.63. The van der Waals surface area contributed by atoms with Crippen molar-refractivity contribution in [2.24, 2.45) is 0 Å². The molecule has 0 spiro atoms. The van der Waals surface area contributed by atoms with Crippen LogP contribution in [0.2, 0.25) is 0 Å². The van der Waals surface area contributed by atoms with Crippen molar-refractivity contribution in [1.82, 2.24) is 5.32 Å². The molecule has 0 aromatic heterocycles. The number of hydrogen-bond acceptors (Lipinski definition) is 3. The third-order valence-electron chi connectivity index (χ3n) is 3.46. The highest BCUT2D eigenvalue weighted by Crippen LogP contribution is 2.28. The van der Waals surface area contributed by atoms with Crippen LogP contribution >= 0.6 is 11.8 Å². The fraction of sp³-hybridized carbons (Fsp3) is 0.429. The summed E-state index contributed by atoms with van der Waals surface area (Å²) in [6, 6.07) is 6.09. The number of carboxylic acids is 1. The van der Waals surface area contributed by atoms with Gasteiger partial charge in [0.1, 0.15) is 0 Å². The fourth-order valence-electron chi connectivity index (χ4n) is 2.40. The highest BCUT2D eigenvalue weighted by Gasteiger charge is 2.27. The van der Waals surface area contributed by atoms with E-state index >= 15 is 0 Å². The molecule has 2 atom stereocenters. The number of amides is 2. The Labute approximate surface area is 122 Å². The van der Waals surface area contributed by atoms with E-state index in [0.29, 0.717) is 10.9 Å². The van der Waals surface area contributed by atoms with E-state index in [9.17, 15) is 9.59 Å². The van der Waals surface area contributed by atoms with E-state index in [1.807, 2.05) is 0 Å². The van der Waals surface area contributed by atoms with Gasteiger partial charge in [0.15, 0.2) is 0 Å². The predicted molar refractivity (Wildman–Crippen MR) is 80.5 cm³/mol. The smallest absolute Gasteiger partial charge is 0.335 e. The van der Waals surface area contributed by atoms with Gasteiger partial charge in [-0.25, -0.2) is 9.59 Å². The number of carboxylic acid groups (broad SMARTS) is 1. The van der Waals surface area contributed by atoms with Crippen LogP contribution in [-0.4, -0.2) is 34.7 Å². The van der Waals surface area contributed by atoms with Crippen molar-refractivity contribution >= 4 is 29.4 Å². The topological polar surface area (TPSA) is 78.4 Å². The Bertz CT molecular complexity index is 490. The van der Waals surface area contributed by atoms with Gasteiger partial charge in [-0.3, -0.25) is 0 Å². The van der Waals surface area contributed by atoms with Crippen molar-refractivity contribution in [2.45, 2.75) is 30.6 Å². The number of rotatable bonds is 4. The van der Waals surface area contributed by atoms with Gasteiger partial charge in [0, 0.05) is 17.0 Å². The molecule has 0 bridgehead atoms. The van der Waals surface area contributed by atoms with E-state index in [0.717, 1.165) is 19.3 Å². The Morgan fingerprint density at radius 3 is 2.55 bits per heavy atom. The summed E-state index contributed by atoms with van der Waals surface area (Å²) in [5.41, 5.74) is 0.792. The molecule has 108 valence electrons. The van der Waals surface area contributed by atoms with E-state index < -0.39 is 5.97 Å². The molecule has 1 aliphatic carbocycles. The summed E-state index contributed by atoms with van der Waals surface area (Å²) >= 11 is 1.79. The zero-order chi connectivity index (χ0) is 14.5. The van der Waals surface area contributed by atoms with Crippen molar-refractivity contribution in [3.8, 4) is 0 Å². The fourth-order valence-corrected chi connectivity index (χ4v) is 3.34. The minimum Gasteiger partial charge on any atom is -0.478 e. The van der Waals surface area contributed by atoms with Gasteiger partial charge in [0.25, 0.3) is 0 Å². The Morgan fingerprint density at radius 2 is 1.95 bits per heavy atom. The van der Waals surface area contributed by atoms with Gasteiger partial charge in [-0.1, -0.05) is 6.42 Å². The van der Waals surface area contributed by atoms with E-state index in [4.69, 9.17) is 5.11 Å². The summed E-state index contributed by atoms with van der Waals surface area (Å²) in [4.78, 5) is 22.6. The Kier molecular flexibility index (Phi) is 4.89. The number of nitrogens with one attached hydrogen (secondary N) is 2. The third kappa shape index (κ3) is 3.66. The SMILES string of the molecule is CSC1CCCC1NC(=O)Nc1ccc(C(=O)O)cc1. The first-order valence-corrected chi connectivity index (χ1v) is 7.82. The largest absolute Gasteiger partial charge is 0.478 e. The lowest BCUT2D eigenvalue weighted by molar-refractivity contribution is 0.0697. The molecule has 1 aromatic rings. The van der Waals surface area contributed by atoms with Gasteiger partial charge < -0.3 is 15.7 Å². The van der Waals surface area contributed by atoms with Crippen LogP contribution in [0.5, 0.6) is 0 Å². The molecule has 1 saturated carbocycles. The van der Waals surface area contributed by atoms with Crippen molar-refractivity contribution in [2.75, 3.05) is 11.6 Å². The molecule has 5 nitrogen and oxygen atoms in total. The molecule has 2 unspecified atom stereocenters. The highest BCUT2D eigenvalue weighted by atomic mass is 32.2. The average Bonchev–Trinajstić information content (AvgIpc) is 2.86. The lowest BCUT2D eigenvalue weighted by Gasteiger charge is -2.19. The molecule has 2 rings (SSSR count). The quantitative estimate of drug-likeness (QED) is 0.798. The molecule has 3 N–H and O–H groups in total. The molecule has 20 heavy (non-hydrogen) atoms. The molecular weight excluding hydrogens is 276 g/mol. The summed E-state index contributed by atoms with van der Waals surface area (Å²) < 4.78 is 0. The second kappa shape index (κ2) is 6.65. The molecule has 1 fully saturated rings. The Hall–Kier alpha value is -1.69. The van der Waals surface area contributed by atoms with Crippen LogP contribution in [0.15, 0.2) is 24.3 Å². The zero-order valence-corrected chi connectivity index (χ0v) is 12.1. The summed E-state index contributed by atoms with van der Waals surface area (Å²) in [5.74, 6) is -0.977. The zero-order valence-electron chi connectivity index (χ0n) is 11.3. The van der Waals surface area contributed by atoms with Crippen molar-refractivity contribution < 1.29 is 14.7 Å². The Morgan fingerprint density at radius 1 is 1.25 bits per heavy atom. The molecule has 0 aliphatic heterocycles. The number of carbonyl (C=O) groups excluding carboxylic acids is 1. The Balaban J connectivity index is 1.89. The summed E-state index contributed by atoms with van der Waals surface area (Å²) in [7, 11) is 0. The maximum Gasteiger partial charge on any atom is 0.335 e. The van der Waals surface area contributed by atoms with Gasteiger partial charge in [-0.05, 0) is 43.4 Å². The second-order valence-corrected chi connectivity index (χ2v) is 5.87. The first-order valence-electron chi connectivity index (χ1n) is 6.54. The van der Waals surface area contributed by atoms with E-state index in [2.05, 4.69) is 16.9 Å². The highest BCUT2D eigenvalue weighted by molar-refractivity contribution is 7.99. The minimum absolute atomic E-state index is 0.203. The number of hydrogen-bond donors (Lipinski definition) is 3. The number of benzene rings is 1. The van der Waals surface area contributed by atoms with Crippen molar-refractivity contribution in [1.29, 1.82) is 0 Å². The van der Waals surface area contributed by atoms with Gasteiger partial charge in [0.05, 0.1) is 5.56 Å². The molecular formula is C14H18N2O3S. The maximum atomic E-state index is 11.9. The van der Waals surface area contributed by atoms with E-state index in [1.54, 1.807) is 23.9 Å².